The topological polar surface area (TPSA) is 0 Å². The lowest BCUT2D eigenvalue weighted by Gasteiger charge is -2.15. The van der Waals surface area contributed by atoms with Crippen molar-refractivity contribution in [3.63, 3.8) is 0 Å². The molecule has 0 saturated carbocycles. The molecule has 2 aliphatic carbocycles. The van der Waals surface area contributed by atoms with Gasteiger partial charge in [-0.2, -0.15) is 0 Å². The van der Waals surface area contributed by atoms with Gasteiger partial charge in [-0.1, -0.05) is 146 Å². The van der Waals surface area contributed by atoms with Crippen LogP contribution in [0.5, 0.6) is 0 Å². The van der Waals surface area contributed by atoms with Crippen molar-refractivity contribution in [2.75, 3.05) is 0 Å². The van der Waals surface area contributed by atoms with Crippen molar-refractivity contribution in [3.8, 4) is 22.3 Å². The molecule has 0 aliphatic heterocycles. The lowest BCUT2D eigenvalue weighted by molar-refractivity contribution is 0.951. The third kappa shape index (κ3) is 4.15. The predicted octanol–water partition coefficient (Wildman–Crippen LogP) is 10.2. The molecule has 0 unspecified atom stereocenters. The molecule has 0 heteroatoms. The van der Waals surface area contributed by atoms with Crippen LogP contribution in [0.3, 0.4) is 0 Å². The van der Waals surface area contributed by atoms with Crippen LogP contribution in [0.15, 0.2) is 146 Å². The van der Waals surface area contributed by atoms with Gasteiger partial charge in [-0.3, -0.25) is 0 Å². The van der Waals surface area contributed by atoms with Gasteiger partial charge in [0, 0.05) is 5.92 Å². The Labute approximate surface area is 242 Å². The molecule has 0 aromatic heterocycles. The van der Waals surface area contributed by atoms with Gasteiger partial charge in [0.2, 0.25) is 0 Å². The van der Waals surface area contributed by atoms with Crippen LogP contribution < -0.4 is 0 Å². The Bertz CT molecular complexity index is 1830. The highest BCUT2D eigenvalue weighted by atomic mass is 14.3. The van der Waals surface area contributed by atoms with Gasteiger partial charge in [0.15, 0.2) is 0 Å². The summed E-state index contributed by atoms with van der Waals surface area (Å²) in [6.45, 7) is 0. The van der Waals surface area contributed by atoms with Crippen LogP contribution in [0, 0.1) is 0 Å². The van der Waals surface area contributed by atoms with E-state index in [1.54, 1.807) is 0 Å². The van der Waals surface area contributed by atoms with E-state index in [0.29, 0.717) is 5.92 Å². The van der Waals surface area contributed by atoms with Gasteiger partial charge >= 0.3 is 0 Å². The summed E-state index contributed by atoms with van der Waals surface area (Å²) in [6.07, 6.45) is 4.42. The second-order valence-corrected chi connectivity index (χ2v) is 11.2. The maximum atomic E-state index is 2.34. The van der Waals surface area contributed by atoms with Crippen molar-refractivity contribution >= 4 is 11.6 Å². The summed E-state index contributed by atoms with van der Waals surface area (Å²) in [5.74, 6) is 0.317. The first kappa shape index (κ1) is 23.9. The Kier molecular flexibility index (Phi) is 5.78. The average molecular weight is 523 g/mol. The fraction of sp³-hybridized carbons (Fsp3) is 0.0732. The molecule has 0 N–H and O–H groups in total. The quantitative estimate of drug-likeness (QED) is 0.211. The van der Waals surface area contributed by atoms with Crippen LogP contribution in [0.4, 0.5) is 0 Å². The maximum Gasteiger partial charge on any atom is 0.0352 e. The fourth-order valence-corrected chi connectivity index (χ4v) is 6.83. The van der Waals surface area contributed by atoms with Gasteiger partial charge < -0.3 is 0 Å². The molecule has 0 heterocycles. The minimum atomic E-state index is 0.317. The van der Waals surface area contributed by atoms with Gasteiger partial charge in [0.1, 0.15) is 0 Å². The number of aryl methyl sites for hydroxylation is 2. The summed E-state index contributed by atoms with van der Waals surface area (Å²) in [5, 5.41) is 0. The van der Waals surface area contributed by atoms with E-state index in [-0.39, 0.29) is 0 Å². The van der Waals surface area contributed by atoms with E-state index in [9.17, 15) is 0 Å². The molecule has 6 aromatic rings. The van der Waals surface area contributed by atoms with E-state index < -0.39 is 0 Å². The van der Waals surface area contributed by atoms with Crippen molar-refractivity contribution in [1.82, 2.24) is 0 Å². The number of benzene rings is 6. The maximum absolute atomic E-state index is 2.34. The first-order valence-electron chi connectivity index (χ1n) is 14.6. The SMILES string of the molecule is C(=C1c2ccccc2-c2ccccc21)c1ccc(CCc2ccc(C3c4ccccc4-c4ccccc43)cc2)cc1. The molecule has 0 amide bonds. The second kappa shape index (κ2) is 9.91. The zero-order chi connectivity index (χ0) is 27.2. The molecule has 8 rings (SSSR count). The van der Waals surface area contributed by atoms with Crippen molar-refractivity contribution in [2.45, 2.75) is 18.8 Å². The molecule has 6 aromatic carbocycles. The largest absolute Gasteiger partial charge is 0.0619 e. The molecule has 41 heavy (non-hydrogen) atoms. The Morgan fingerprint density at radius 3 is 1.32 bits per heavy atom. The number of hydrogen-bond donors (Lipinski definition) is 0. The Balaban J connectivity index is 0.990. The van der Waals surface area contributed by atoms with E-state index in [4.69, 9.17) is 0 Å². The van der Waals surface area contributed by atoms with E-state index in [0.717, 1.165) is 12.8 Å². The van der Waals surface area contributed by atoms with Crippen molar-refractivity contribution in [2.24, 2.45) is 0 Å². The molecule has 0 fully saturated rings. The van der Waals surface area contributed by atoms with E-state index in [1.165, 1.54) is 72.3 Å². The normalized spacial score (nSPS) is 12.9. The van der Waals surface area contributed by atoms with Crippen LogP contribution in [0.25, 0.3) is 33.9 Å². The smallest absolute Gasteiger partial charge is 0.0352 e. The van der Waals surface area contributed by atoms with Gasteiger partial charge in [0.05, 0.1) is 0 Å². The number of hydrogen-bond acceptors (Lipinski definition) is 0. The van der Waals surface area contributed by atoms with Crippen molar-refractivity contribution < 1.29 is 0 Å². The lowest BCUT2D eigenvalue weighted by atomic mass is 9.88. The monoisotopic (exact) mass is 522 g/mol. The Morgan fingerprint density at radius 2 is 0.805 bits per heavy atom. The highest BCUT2D eigenvalue weighted by molar-refractivity contribution is 6.06. The summed E-state index contributed by atoms with van der Waals surface area (Å²) >= 11 is 0. The molecule has 0 spiro atoms. The first-order valence-corrected chi connectivity index (χ1v) is 14.6. The molecular weight excluding hydrogens is 492 g/mol. The van der Waals surface area contributed by atoms with Crippen LogP contribution in [-0.2, 0) is 12.8 Å². The molecule has 2 aliphatic rings. The minimum absolute atomic E-state index is 0.317. The number of fused-ring (bicyclic) bond motifs is 6. The minimum Gasteiger partial charge on any atom is -0.0619 e. The molecule has 0 bridgehead atoms. The van der Waals surface area contributed by atoms with Gasteiger partial charge in [-0.25, -0.2) is 0 Å². The van der Waals surface area contributed by atoms with Crippen LogP contribution >= 0.6 is 0 Å². The predicted molar refractivity (Wildman–Crippen MR) is 172 cm³/mol. The van der Waals surface area contributed by atoms with Crippen LogP contribution in [0.1, 0.15) is 50.4 Å². The van der Waals surface area contributed by atoms with Gasteiger partial charge in [0.25, 0.3) is 0 Å². The van der Waals surface area contributed by atoms with Gasteiger partial charge in [-0.05, 0) is 91.3 Å². The van der Waals surface area contributed by atoms with Crippen molar-refractivity contribution in [3.05, 3.63) is 190 Å². The molecule has 0 radical (unpaired) electrons. The third-order valence-corrected chi connectivity index (χ3v) is 8.86. The number of rotatable bonds is 5. The van der Waals surface area contributed by atoms with Crippen LogP contribution in [-0.4, -0.2) is 0 Å². The second-order valence-electron chi connectivity index (χ2n) is 11.2. The zero-order valence-electron chi connectivity index (χ0n) is 22.9. The highest BCUT2D eigenvalue weighted by Gasteiger charge is 2.29. The average Bonchev–Trinajstić information content (AvgIpc) is 3.54. The molecule has 194 valence electrons. The Hall–Kier alpha value is -4.94. The van der Waals surface area contributed by atoms with E-state index in [1.807, 2.05) is 0 Å². The fourth-order valence-electron chi connectivity index (χ4n) is 6.83. The van der Waals surface area contributed by atoms with Gasteiger partial charge in [-0.15, -0.1) is 0 Å². The summed E-state index contributed by atoms with van der Waals surface area (Å²) in [7, 11) is 0. The Morgan fingerprint density at radius 1 is 0.390 bits per heavy atom. The van der Waals surface area contributed by atoms with E-state index in [2.05, 4.69) is 152 Å². The summed E-state index contributed by atoms with van der Waals surface area (Å²) in [4.78, 5) is 0. The first-order chi connectivity index (χ1) is 20.3. The summed E-state index contributed by atoms with van der Waals surface area (Å²) < 4.78 is 0. The molecular formula is C41H30. The summed E-state index contributed by atoms with van der Waals surface area (Å²) in [5.41, 5.74) is 17.6. The van der Waals surface area contributed by atoms with E-state index >= 15 is 0 Å². The molecule has 0 nitrogen and oxygen atoms in total. The summed E-state index contributed by atoms with van der Waals surface area (Å²) in [6, 6.07) is 53.7. The third-order valence-electron chi connectivity index (χ3n) is 8.86. The molecule has 0 saturated heterocycles. The van der Waals surface area contributed by atoms with Crippen molar-refractivity contribution in [1.29, 1.82) is 0 Å². The highest BCUT2D eigenvalue weighted by Crippen LogP contribution is 2.48. The van der Waals surface area contributed by atoms with Crippen LogP contribution in [0.2, 0.25) is 0 Å². The zero-order valence-corrected chi connectivity index (χ0v) is 22.9. The molecule has 0 atom stereocenters. The standard InChI is InChI=1S/C41H30/c1-3-13-36-32(9-1)33-10-2-4-14-37(33)40(36)27-30-21-19-28(20-22-30)17-18-29-23-25-31(26-24-29)41-38-15-7-5-11-34(38)35-12-6-8-16-39(35)41/h1-16,19-27,41H,17-18H2. The lowest BCUT2D eigenvalue weighted by Crippen LogP contribution is -2.00.